The van der Waals surface area contributed by atoms with Crippen molar-refractivity contribution in [3.63, 3.8) is 0 Å². The van der Waals surface area contributed by atoms with E-state index in [0.29, 0.717) is 11.6 Å². The minimum absolute atomic E-state index is 0.602. The van der Waals surface area contributed by atoms with E-state index in [1.165, 1.54) is 31.6 Å². The maximum absolute atomic E-state index is 5.47. The summed E-state index contributed by atoms with van der Waals surface area (Å²) in [5.74, 6) is 1.26. The highest BCUT2D eigenvalue weighted by atomic mass is 32.1. The largest absolute Gasteiger partial charge is 0.256 e. The number of aromatic nitrogens is 6. The van der Waals surface area contributed by atoms with Crippen molar-refractivity contribution in [1.82, 2.24) is 29.9 Å². The molecule has 0 atom stereocenters. The Hall–Kier alpha value is -8.26. The normalized spacial score (nSPS) is 11.8. The molecular weight excluding hydrogens is 789 g/mol. The highest BCUT2D eigenvalue weighted by Crippen LogP contribution is 2.47. The number of rotatable bonds is 5. The van der Waals surface area contributed by atoms with Crippen molar-refractivity contribution in [3.8, 4) is 56.5 Å². The van der Waals surface area contributed by atoms with Gasteiger partial charge in [-0.3, -0.25) is 9.97 Å². The molecule has 63 heavy (non-hydrogen) atoms. The maximum atomic E-state index is 5.47. The van der Waals surface area contributed by atoms with Crippen LogP contribution in [0, 0.1) is 0 Å². The van der Waals surface area contributed by atoms with E-state index in [1.807, 2.05) is 54.9 Å². The van der Waals surface area contributed by atoms with Gasteiger partial charge in [0.25, 0.3) is 0 Å². The highest BCUT2D eigenvalue weighted by Gasteiger charge is 2.22. The molecule has 5 heterocycles. The molecule has 5 aromatic heterocycles. The van der Waals surface area contributed by atoms with Crippen molar-refractivity contribution < 1.29 is 0 Å². The summed E-state index contributed by atoms with van der Waals surface area (Å²) >= 11 is 1.79. The molecule has 0 amide bonds. The number of para-hydroxylation sites is 2. The molecule has 0 spiro atoms. The lowest BCUT2D eigenvalue weighted by molar-refractivity contribution is 1.18. The van der Waals surface area contributed by atoms with Crippen molar-refractivity contribution in [2.75, 3.05) is 0 Å². The van der Waals surface area contributed by atoms with Crippen LogP contribution in [0.2, 0.25) is 0 Å². The first-order chi connectivity index (χ1) is 31.2. The Morgan fingerprint density at radius 1 is 0.349 bits per heavy atom. The van der Waals surface area contributed by atoms with Crippen molar-refractivity contribution in [2.45, 2.75) is 0 Å². The third-order valence-electron chi connectivity index (χ3n) is 12.1. The molecule has 0 unspecified atom stereocenters. The number of fused-ring (bicyclic) bond motifs is 11. The van der Waals surface area contributed by atoms with Gasteiger partial charge in [0.15, 0.2) is 11.6 Å². The van der Waals surface area contributed by atoms with E-state index >= 15 is 0 Å². The molecule has 0 fully saturated rings. The van der Waals surface area contributed by atoms with Crippen LogP contribution in [0.1, 0.15) is 0 Å². The molecule has 0 aliphatic rings. The van der Waals surface area contributed by atoms with Gasteiger partial charge in [-0.1, -0.05) is 152 Å². The number of benzene rings is 8. The molecule has 0 N–H and O–H groups in total. The molecule has 13 rings (SSSR count). The van der Waals surface area contributed by atoms with E-state index < -0.39 is 0 Å². The van der Waals surface area contributed by atoms with Crippen LogP contribution in [0.4, 0.5) is 0 Å². The predicted molar refractivity (Wildman–Crippen MR) is 261 cm³/mol. The van der Waals surface area contributed by atoms with Gasteiger partial charge in [-0.25, -0.2) is 19.9 Å². The summed E-state index contributed by atoms with van der Waals surface area (Å²) in [6, 6.07) is 63.4. The molecule has 292 valence electrons. The molecule has 8 aromatic carbocycles. The Balaban J connectivity index is 1.01. The summed E-state index contributed by atoms with van der Waals surface area (Å²) in [6.07, 6.45) is 3.78. The fourth-order valence-electron chi connectivity index (χ4n) is 9.07. The molecule has 0 aliphatic heterocycles. The Kier molecular flexibility index (Phi) is 7.98. The Morgan fingerprint density at radius 3 is 1.51 bits per heavy atom. The average Bonchev–Trinajstić information content (AvgIpc) is 3.76. The third-order valence-corrected chi connectivity index (χ3v) is 13.4. The number of nitrogens with zero attached hydrogens (tertiary/aromatic N) is 6. The summed E-state index contributed by atoms with van der Waals surface area (Å²) in [4.78, 5) is 30.8. The van der Waals surface area contributed by atoms with E-state index in [-0.39, 0.29) is 0 Å². The first-order valence-electron chi connectivity index (χ1n) is 20.9. The summed E-state index contributed by atoms with van der Waals surface area (Å²) in [5.41, 5.74) is 10.0. The smallest absolute Gasteiger partial charge is 0.160 e. The molecule has 6 nitrogen and oxygen atoms in total. The Labute approximate surface area is 364 Å². The van der Waals surface area contributed by atoms with Gasteiger partial charge in [0.05, 0.1) is 38.3 Å². The van der Waals surface area contributed by atoms with E-state index in [1.54, 1.807) is 11.3 Å². The number of hydrogen-bond donors (Lipinski definition) is 0. The van der Waals surface area contributed by atoms with Gasteiger partial charge < -0.3 is 0 Å². The fraction of sp³-hybridized carbons (Fsp3) is 0. The monoisotopic (exact) mass is 820 g/mol. The van der Waals surface area contributed by atoms with Gasteiger partial charge in [0, 0.05) is 66.5 Å². The van der Waals surface area contributed by atoms with Crippen LogP contribution < -0.4 is 0 Å². The molecule has 0 saturated carbocycles. The summed E-state index contributed by atoms with van der Waals surface area (Å²) in [7, 11) is 0. The maximum Gasteiger partial charge on any atom is 0.160 e. The number of pyridine rings is 2. The second kappa shape index (κ2) is 14.2. The van der Waals surface area contributed by atoms with Gasteiger partial charge in [-0.15, -0.1) is 11.3 Å². The zero-order valence-electron chi connectivity index (χ0n) is 33.6. The van der Waals surface area contributed by atoms with E-state index in [9.17, 15) is 0 Å². The van der Waals surface area contributed by atoms with Crippen molar-refractivity contribution >= 4 is 85.8 Å². The molecule has 0 bridgehead atoms. The van der Waals surface area contributed by atoms with Gasteiger partial charge in [0.1, 0.15) is 0 Å². The third kappa shape index (κ3) is 5.86. The van der Waals surface area contributed by atoms with Crippen molar-refractivity contribution in [2.24, 2.45) is 0 Å². The minimum atomic E-state index is 0.602. The topological polar surface area (TPSA) is 77.3 Å². The second-order valence-electron chi connectivity index (χ2n) is 15.9. The van der Waals surface area contributed by atoms with Crippen LogP contribution in [0.3, 0.4) is 0 Å². The van der Waals surface area contributed by atoms with E-state index in [2.05, 4.69) is 140 Å². The quantitative estimate of drug-likeness (QED) is 0.161. The van der Waals surface area contributed by atoms with Gasteiger partial charge in [0.2, 0.25) is 0 Å². The van der Waals surface area contributed by atoms with Crippen LogP contribution in [-0.4, -0.2) is 29.9 Å². The number of hydrogen-bond acceptors (Lipinski definition) is 7. The van der Waals surface area contributed by atoms with Gasteiger partial charge >= 0.3 is 0 Å². The van der Waals surface area contributed by atoms with Crippen LogP contribution in [0.25, 0.3) is 131 Å². The highest BCUT2D eigenvalue weighted by molar-refractivity contribution is 7.27. The summed E-state index contributed by atoms with van der Waals surface area (Å²) in [6.45, 7) is 0. The summed E-state index contributed by atoms with van der Waals surface area (Å²) in [5, 5.41) is 10.5. The van der Waals surface area contributed by atoms with Crippen LogP contribution in [0.5, 0.6) is 0 Å². The Bertz CT molecular complexity index is 3890. The van der Waals surface area contributed by atoms with Gasteiger partial charge in [-0.05, 0) is 57.3 Å². The SMILES string of the molecule is c1ccc2ncc(-c3cc(-c4cnc5ccccc5c4)nc(-c4ccc(-c5nc(-c6cccc7ccccc67)c6sc7c8ccccc8c8ccccc8c7c6n5)cc4)n3)cc2c1. The predicted octanol–water partition coefficient (Wildman–Crippen LogP) is 14.5. The molecule has 13 aromatic rings. The van der Waals surface area contributed by atoms with Crippen molar-refractivity contribution in [1.29, 1.82) is 0 Å². The zero-order chi connectivity index (χ0) is 41.4. The molecular formula is C56H32N6S. The summed E-state index contributed by atoms with van der Waals surface area (Å²) < 4.78 is 2.30. The lowest BCUT2D eigenvalue weighted by Crippen LogP contribution is -1.97. The molecule has 7 heteroatoms. The lowest BCUT2D eigenvalue weighted by Gasteiger charge is -2.12. The average molecular weight is 821 g/mol. The fourth-order valence-corrected chi connectivity index (χ4v) is 10.4. The van der Waals surface area contributed by atoms with Crippen LogP contribution >= 0.6 is 11.3 Å². The molecule has 0 radical (unpaired) electrons. The minimum Gasteiger partial charge on any atom is -0.256 e. The zero-order valence-corrected chi connectivity index (χ0v) is 34.4. The Morgan fingerprint density at radius 2 is 0.857 bits per heavy atom. The van der Waals surface area contributed by atoms with Crippen molar-refractivity contribution in [3.05, 3.63) is 194 Å². The van der Waals surface area contributed by atoms with Crippen LogP contribution in [0.15, 0.2) is 194 Å². The van der Waals surface area contributed by atoms with E-state index in [0.717, 1.165) is 87.7 Å². The van der Waals surface area contributed by atoms with Crippen LogP contribution in [-0.2, 0) is 0 Å². The molecule has 0 aliphatic carbocycles. The van der Waals surface area contributed by atoms with Gasteiger partial charge in [-0.2, -0.15) is 0 Å². The first-order valence-corrected chi connectivity index (χ1v) is 21.7. The molecule has 0 saturated heterocycles. The second-order valence-corrected chi connectivity index (χ2v) is 16.9. The standard InChI is InChI=1S/C56H32N6S/c1-4-16-40-33(12-1)15-11-21-44(40)51-54-52(50-43-19-7-5-17-41(43)42-18-6-8-20-45(42)53(50)63-54)62-56(61-51)35-26-24-34(25-27-35)55-59-48(38-28-36-13-2-9-22-46(36)57-31-38)30-49(60-55)39-29-37-14-3-10-23-47(37)58-32-39/h1-32H. The lowest BCUT2D eigenvalue weighted by atomic mass is 9.97. The van der Waals surface area contributed by atoms with E-state index in [4.69, 9.17) is 29.9 Å². The first kappa shape index (κ1) is 35.5. The number of thiophene rings is 1.